The van der Waals surface area contributed by atoms with Gasteiger partial charge in [0.2, 0.25) is 0 Å². The van der Waals surface area contributed by atoms with Crippen molar-refractivity contribution in [2.45, 2.75) is 13.5 Å². The molecule has 1 amide bonds. The van der Waals surface area contributed by atoms with Gasteiger partial charge in [0.1, 0.15) is 6.61 Å². The predicted octanol–water partition coefficient (Wildman–Crippen LogP) is 2.42. The Morgan fingerprint density at radius 1 is 1.40 bits per heavy atom. The minimum atomic E-state index is -0.285. The normalized spacial score (nSPS) is 10.2. The molecule has 6 heteroatoms. The molecule has 104 valence electrons. The third kappa shape index (κ3) is 3.97. The molecule has 1 aromatic carbocycles. The summed E-state index contributed by atoms with van der Waals surface area (Å²) in [5, 5.41) is 3.02. The Bertz CT molecular complexity index is 596. The van der Waals surface area contributed by atoms with Crippen LogP contribution in [0.2, 0.25) is 0 Å². The minimum absolute atomic E-state index is 0.0516. The van der Waals surface area contributed by atoms with Crippen molar-refractivity contribution in [2.24, 2.45) is 0 Å². The van der Waals surface area contributed by atoms with E-state index in [-0.39, 0.29) is 12.5 Å². The summed E-state index contributed by atoms with van der Waals surface area (Å²) >= 11 is 1.15. The lowest BCUT2D eigenvalue weighted by Crippen LogP contribution is -2.18. The number of rotatable bonds is 6. The second-order valence-corrected chi connectivity index (χ2v) is 5.14. The van der Waals surface area contributed by atoms with Crippen molar-refractivity contribution >= 4 is 28.7 Å². The van der Waals surface area contributed by atoms with Crippen LogP contribution in [0.4, 0.5) is 5.13 Å². The first-order valence-corrected chi connectivity index (χ1v) is 6.85. The molecule has 0 aliphatic rings. The van der Waals surface area contributed by atoms with E-state index in [1.165, 1.54) is 0 Å². The molecule has 0 radical (unpaired) electrons. The Hall–Kier alpha value is -2.05. The highest BCUT2D eigenvalue weighted by Crippen LogP contribution is 2.20. The first-order valence-electron chi connectivity index (χ1n) is 6.03. The molecule has 0 bridgehead atoms. The lowest BCUT2D eigenvalue weighted by atomic mass is 10.2. The minimum Gasteiger partial charge on any atom is -0.367 e. The summed E-state index contributed by atoms with van der Waals surface area (Å²) in [5.41, 5.74) is 1.62. The molecule has 2 aromatic rings. The maximum absolute atomic E-state index is 11.7. The molecule has 5 nitrogen and oxygen atoms in total. The van der Waals surface area contributed by atoms with E-state index in [2.05, 4.69) is 10.3 Å². The molecule has 1 aromatic heterocycles. The molecule has 0 spiro atoms. The van der Waals surface area contributed by atoms with Crippen LogP contribution >= 0.6 is 11.3 Å². The number of hydrogen-bond acceptors (Lipinski definition) is 5. The number of aldehydes is 1. The van der Waals surface area contributed by atoms with Gasteiger partial charge < -0.3 is 4.74 Å². The number of nitrogens with zero attached hydrogens (tertiary/aromatic N) is 1. The van der Waals surface area contributed by atoms with E-state index in [9.17, 15) is 9.59 Å². The number of carbonyl (C=O) groups is 2. The zero-order chi connectivity index (χ0) is 14.4. The van der Waals surface area contributed by atoms with Gasteiger partial charge in [-0.1, -0.05) is 41.7 Å². The molecule has 0 fully saturated rings. The quantitative estimate of drug-likeness (QED) is 0.830. The summed E-state index contributed by atoms with van der Waals surface area (Å²) in [6.07, 6.45) is 0.731. The molecule has 0 aliphatic carbocycles. The average Bonchev–Trinajstić information content (AvgIpc) is 2.80. The SMILES string of the molecule is Cc1nc(NC(=O)COCc2ccccc2)sc1C=O. The van der Waals surface area contributed by atoms with Gasteiger partial charge in [-0.25, -0.2) is 4.98 Å². The Balaban J connectivity index is 1.79. The van der Waals surface area contributed by atoms with Gasteiger partial charge in [0.15, 0.2) is 11.4 Å². The number of ether oxygens (including phenoxy) is 1. The van der Waals surface area contributed by atoms with Gasteiger partial charge in [-0.2, -0.15) is 0 Å². The van der Waals surface area contributed by atoms with E-state index < -0.39 is 0 Å². The highest BCUT2D eigenvalue weighted by Gasteiger charge is 2.09. The molecule has 0 atom stereocenters. The molecule has 0 saturated carbocycles. The molecule has 0 saturated heterocycles. The zero-order valence-electron chi connectivity index (χ0n) is 11.0. The topological polar surface area (TPSA) is 68.3 Å². The van der Waals surface area contributed by atoms with Crippen LogP contribution in [0.1, 0.15) is 20.9 Å². The number of anilines is 1. The van der Waals surface area contributed by atoms with Crippen LogP contribution in [0.15, 0.2) is 30.3 Å². The average molecular weight is 290 g/mol. The van der Waals surface area contributed by atoms with Gasteiger partial charge in [-0.05, 0) is 12.5 Å². The van der Waals surface area contributed by atoms with Gasteiger partial charge in [-0.3, -0.25) is 14.9 Å². The van der Waals surface area contributed by atoms with Crippen LogP contribution in [0.5, 0.6) is 0 Å². The van der Waals surface area contributed by atoms with Gasteiger partial charge in [0.05, 0.1) is 17.2 Å². The summed E-state index contributed by atoms with van der Waals surface area (Å²) in [4.78, 5) is 26.9. The third-order valence-electron chi connectivity index (χ3n) is 2.53. The fourth-order valence-corrected chi connectivity index (χ4v) is 2.36. The number of benzene rings is 1. The zero-order valence-corrected chi connectivity index (χ0v) is 11.8. The number of aromatic nitrogens is 1. The monoisotopic (exact) mass is 290 g/mol. The van der Waals surface area contributed by atoms with Crippen LogP contribution in [-0.2, 0) is 16.1 Å². The first kappa shape index (κ1) is 14.4. The second-order valence-electron chi connectivity index (χ2n) is 4.11. The first-order chi connectivity index (χ1) is 9.69. The van der Waals surface area contributed by atoms with E-state index >= 15 is 0 Å². The molecule has 1 heterocycles. The lowest BCUT2D eigenvalue weighted by Gasteiger charge is -2.04. The van der Waals surface area contributed by atoms with Crippen molar-refractivity contribution in [3.8, 4) is 0 Å². The van der Waals surface area contributed by atoms with E-state index in [0.29, 0.717) is 22.3 Å². The van der Waals surface area contributed by atoms with Crippen molar-refractivity contribution in [1.82, 2.24) is 4.98 Å². The second kappa shape index (κ2) is 6.93. The molecule has 1 N–H and O–H groups in total. The number of amides is 1. The molecule has 20 heavy (non-hydrogen) atoms. The largest absolute Gasteiger partial charge is 0.367 e. The van der Waals surface area contributed by atoms with Crippen LogP contribution in [0.3, 0.4) is 0 Å². The number of nitrogens with one attached hydrogen (secondary N) is 1. The van der Waals surface area contributed by atoms with E-state index in [4.69, 9.17) is 4.74 Å². The summed E-state index contributed by atoms with van der Waals surface area (Å²) in [7, 11) is 0. The predicted molar refractivity (Wildman–Crippen MR) is 77.0 cm³/mol. The van der Waals surface area contributed by atoms with Gasteiger partial charge in [-0.15, -0.1) is 0 Å². The number of hydrogen-bond donors (Lipinski definition) is 1. The number of carbonyl (C=O) groups excluding carboxylic acids is 2. The highest BCUT2D eigenvalue weighted by atomic mass is 32.1. The van der Waals surface area contributed by atoms with Crippen LogP contribution in [0.25, 0.3) is 0 Å². The Morgan fingerprint density at radius 3 is 2.80 bits per heavy atom. The van der Waals surface area contributed by atoms with Crippen LogP contribution < -0.4 is 5.32 Å². The fourth-order valence-electron chi connectivity index (χ4n) is 1.56. The fraction of sp³-hybridized carbons (Fsp3) is 0.214. The van der Waals surface area contributed by atoms with Gasteiger partial charge >= 0.3 is 0 Å². The molecule has 2 rings (SSSR count). The summed E-state index contributed by atoms with van der Waals surface area (Å²) < 4.78 is 5.31. The number of thiazole rings is 1. The summed E-state index contributed by atoms with van der Waals surface area (Å²) in [5.74, 6) is -0.285. The molecule has 0 unspecified atom stereocenters. The molecular formula is C14H14N2O3S. The van der Waals surface area contributed by atoms with Gasteiger partial charge in [0.25, 0.3) is 5.91 Å². The Labute approximate surface area is 120 Å². The van der Waals surface area contributed by atoms with Crippen LogP contribution in [0, 0.1) is 6.92 Å². The standard InChI is InChI=1S/C14H14N2O3S/c1-10-12(7-17)20-14(15-10)16-13(18)9-19-8-11-5-3-2-4-6-11/h2-7H,8-9H2,1H3,(H,15,16,18). The number of aryl methyl sites for hydroxylation is 1. The maximum atomic E-state index is 11.7. The molecular weight excluding hydrogens is 276 g/mol. The lowest BCUT2D eigenvalue weighted by molar-refractivity contribution is -0.121. The van der Waals surface area contributed by atoms with Crippen molar-refractivity contribution in [1.29, 1.82) is 0 Å². The highest BCUT2D eigenvalue weighted by molar-refractivity contribution is 7.17. The van der Waals surface area contributed by atoms with E-state index in [1.807, 2.05) is 30.3 Å². The summed E-state index contributed by atoms with van der Waals surface area (Å²) in [6, 6.07) is 9.61. The maximum Gasteiger partial charge on any atom is 0.252 e. The smallest absolute Gasteiger partial charge is 0.252 e. The molecule has 0 aliphatic heterocycles. The van der Waals surface area contributed by atoms with Crippen molar-refractivity contribution < 1.29 is 14.3 Å². The van der Waals surface area contributed by atoms with Gasteiger partial charge in [0, 0.05) is 0 Å². The Morgan fingerprint density at radius 2 is 2.15 bits per heavy atom. The van der Waals surface area contributed by atoms with Crippen molar-refractivity contribution in [3.63, 3.8) is 0 Å². The van der Waals surface area contributed by atoms with E-state index in [1.54, 1.807) is 6.92 Å². The third-order valence-corrected chi connectivity index (χ3v) is 3.53. The Kier molecular flexibility index (Phi) is 4.97. The van der Waals surface area contributed by atoms with E-state index in [0.717, 1.165) is 23.2 Å². The summed E-state index contributed by atoms with van der Waals surface area (Å²) in [6.45, 7) is 2.05. The van der Waals surface area contributed by atoms with Crippen molar-refractivity contribution in [3.05, 3.63) is 46.5 Å². The van der Waals surface area contributed by atoms with Crippen LogP contribution in [-0.4, -0.2) is 23.8 Å². The van der Waals surface area contributed by atoms with Crippen molar-refractivity contribution in [2.75, 3.05) is 11.9 Å².